The Morgan fingerprint density at radius 2 is 2.22 bits per heavy atom. The third-order valence-electron chi connectivity index (χ3n) is 2.95. The molecule has 1 unspecified atom stereocenters. The van der Waals surface area contributed by atoms with E-state index in [4.69, 9.17) is 4.74 Å². The molecule has 0 amide bonds. The van der Waals surface area contributed by atoms with Gasteiger partial charge in [0.2, 0.25) is 0 Å². The first-order valence-electron chi connectivity index (χ1n) is 6.07. The van der Waals surface area contributed by atoms with Crippen LogP contribution in [0.1, 0.15) is 24.2 Å². The van der Waals surface area contributed by atoms with Gasteiger partial charge in [-0.15, -0.1) is 0 Å². The molecule has 0 aliphatic rings. The van der Waals surface area contributed by atoms with Crippen molar-refractivity contribution < 1.29 is 4.74 Å². The van der Waals surface area contributed by atoms with Crippen molar-refractivity contribution in [1.29, 1.82) is 0 Å². The van der Waals surface area contributed by atoms with E-state index in [9.17, 15) is 0 Å². The van der Waals surface area contributed by atoms with Gasteiger partial charge in [0, 0.05) is 19.3 Å². The molecule has 2 aromatic rings. The Bertz CT molecular complexity index is 507. The molecule has 96 valence electrons. The highest BCUT2D eigenvalue weighted by atomic mass is 16.5. The number of benzene rings is 1. The molecule has 1 N–H and O–H groups in total. The van der Waals surface area contributed by atoms with Gasteiger partial charge in [0.15, 0.2) is 0 Å². The summed E-state index contributed by atoms with van der Waals surface area (Å²) < 4.78 is 7.51. The predicted octanol–water partition coefficient (Wildman–Crippen LogP) is 2.28. The van der Waals surface area contributed by atoms with Gasteiger partial charge < -0.3 is 10.1 Å². The van der Waals surface area contributed by atoms with Crippen molar-refractivity contribution in [2.24, 2.45) is 7.05 Å². The molecule has 0 spiro atoms. The zero-order valence-corrected chi connectivity index (χ0v) is 11.1. The Labute approximate surface area is 108 Å². The highest BCUT2D eigenvalue weighted by Crippen LogP contribution is 2.19. The molecule has 0 aliphatic carbocycles. The third-order valence-corrected chi connectivity index (χ3v) is 2.95. The molecule has 1 atom stereocenters. The van der Waals surface area contributed by atoms with Crippen molar-refractivity contribution in [3.63, 3.8) is 0 Å². The van der Waals surface area contributed by atoms with Gasteiger partial charge in [0.1, 0.15) is 12.4 Å². The van der Waals surface area contributed by atoms with E-state index in [0.29, 0.717) is 12.6 Å². The van der Waals surface area contributed by atoms with Crippen LogP contribution in [0.3, 0.4) is 0 Å². The summed E-state index contributed by atoms with van der Waals surface area (Å²) in [6.07, 6.45) is 1.91. The van der Waals surface area contributed by atoms with Crippen LogP contribution in [0.4, 0.5) is 0 Å². The second-order valence-electron chi connectivity index (χ2n) is 4.35. The third kappa shape index (κ3) is 3.11. The molecule has 1 heterocycles. The molecule has 1 aromatic carbocycles. The lowest BCUT2D eigenvalue weighted by molar-refractivity contribution is 0.299. The van der Waals surface area contributed by atoms with Gasteiger partial charge in [-0.25, -0.2) is 0 Å². The monoisotopic (exact) mass is 245 g/mol. The van der Waals surface area contributed by atoms with Gasteiger partial charge in [0.25, 0.3) is 0 Å². The first kappa shape index (κ1) is 12.6. The maximum absolute atomic E-state index is 5.74. The average Bonchev–Trinajstić information content (AvgIpc) is 2.81. The van der Waals surface area contributed by atoms with E-state index in [1.54, 1.807) is 4.68 Å². The minimum Gasteiger partial charge on any atom is -0.487 e. The maximum atomic E-state index is 5.74. The molecule has 0 fully saturated rings. The molecule has 1 aromatic heterocycles. The summed E-state index contributed by atoms with van der Waals surface area (Å²) in [4.78, 5) is 0. The number of aryl methyl sites for hydroxylation is 1. The Balaban J connectivity index is 2.01. The fraction of sp³-hybridized carbons (Fsp3) is 0.357. The minimum absolute atomic E-state index is 0.323. The van der Waals surface area contributed by atoms with Crippen LogP contribution in [0.15, 0.2) is 36.5 Å². The maximum Gasteiger partial charge on any atom is 0.132 e. The van der Waals surface area contributed by atoms with E-state index in [1.807, 2.05) is 38.5 Å². The topological polar surface area (TPSA) is 39.1 Å². The van der Waals surface area contributed by atoms with Gasteiger partial charge in [-0.3, -0.25) is 4.68 Å². The second kappa shape index (κ2) is 5.69. The van der Waals surface area contributed by atoms with Crippen LogP contribution in [0, 0.1) is 0 Å². The van der Waals surface area contributed by atoms with E-state index in [1.165, 1.54) is 5.56 Å². The lowest BCUT2D eigenvalue weighted by Gasteiger charge is -2.12. The normalized spacial score (nSPS) is 12.4. The number of aromatic nitrogens is 2. The smallest absolute Gasteiger partial charge is 0.132 e. The molecular weight excluding hydrogens is 226 g/mol. The molecule has 0 bridgehead atoms. The molecule has 4 nitrogen and oxygen atoms in total. The van der Waals surface area contributed by atoms with Gasteiger partial charge in [-0.2, -0.15) is 5.10 Å². The highest BCUT2D eigenvalue weighted by molar-refractivity contribution is 5.30. The number of hydrogen-bond acceptors (Lipinski definition) is 3. The van der Waals surface area contributed by atoms with E-state index in [0.717, 1.165) is 11.4 Å². The minimum atomic E-state index is 0.323. The summed E-state index contributed by atoms with van der Waals surface area (Å²) in [6.45, 7) is 2.62. The molecule has 4 heteroatoms. The number of nitrogens with zero attached hydrogens (tertiary/aromatic N) is 2. The van der Waals surface area contributed by atoms with E-state index >= 15 is 0 Å². The van der Waals surface area contributed by atoms with Crippen molar-refractivity contribution in [3.05, 3.63) is 47.8 Å². The summed E-state index contributed by atoms with van der Waals surface area (Å²) in [5.74, 6) is 0.875. The lowest BCUT2D eigenvalue weighted by Crippen LogP contribution is -2.12. The molecule has 0 aliphatic heterocycles. The van der Waals surface area contributed by atoms with Crippen LogP contribution >= 0.6 is 0 Å². The van der Waals surface area contributed by atoms with Crippen LogP contribution in [-0.4, -0.2) is 16.8 Å². The predicted molar refractivity (Wildman–Crippen MR) is 71.5 cm³/mol. The summed E-state index contributed by atoms with van der Waals surface area (Å²) in [5.41, 5.74) is 2.15. The zero-order valence-electron chi connectivity index (χ0n) is 11.1. The standard InChI is InChI=1S/C14H19N3O/c1-11(15-2)12-5-4-6-14(9-12)18-10-13-7-8-17(3)16-13/h4-9,11,15H,10H2,1-3H3. The largest absolute Gasteiger partial charge is 0.487 e. The van der Waals surface area contributed by atoms with Crippen LogP contribution in [0.25, 0.3) is 0 Å². The Hall–Kier alpha value is -1.81. The first-order valence-corrected chi connectivity index (χ1v) is 6.07. The number of ether oxygens (including phenoxy) is 1. The van der Waals surface area contributed by atoms with Gasteiger partial charge in [-0.1, -0.05) is 12.1 Å². The van der Waals surface area contributed by atoms with Crippen LogP contribution in [0.5, 0.6) is 5.75 Å². The van der Waals surface area contributed by atoms with Gasteiger partial charge >= 0.3 is 0 Å². The fourth-order valence-corrected chi connectivity index (χ4v) is 1.74. The molecule has 0 radical (unpaired) electrons. The Morgan fingerprint density at radius 1 is 1.39 bits per heavy atom. The summed E-state index contributed by atoms with van der Waals surface area (Å²) in [5, 5.41) is 7.49. The van der Waals surface area contributed by atoms with E-state index in [2.05, 4.69) is 29.5 Å². The molecular formula is C14H19N3O. The van der Waals surface area contributed by atoms with Crippen molar-refractivity contribution in [3.8, 4) is 5.75 Å². The molecule has 18 heavy (non-hydrogen) atoms. The molecule has 0 saturated heterocycles. The first-order chi connectivity index (χ1) is 8.69. The molecule has 0 saturated carbocycles. The van der Waals surface area contributed by atoms with Crippen molar-refractivity contribution >= 4 is 0 Å². The fourth-order valence-electron chi connectivity index (χ4n) is 1.74. The summed E-state index contributed by atoms with van der Waals surface area (Å²) in [7, 11) is 3.85. The summed E-state index contributed by atoms with van der Waals surface area (Å²) in [6, 6.07) is 10.4. The van der Waals surface area contributed by atoms with Gasteiger partial charge in [-0.05, 0) is 37.7 Å². The Morgan fingerprint density at radius 3 is 2.89 bits per heavy atom. The van der Waals surface area contributed by atoms with Crippen LogP contribution in [-0.2, 0) is 13.7 Å². The van der Waals surface area contributed by atoms with Gasteiger partial charge in [0.05, 0.1) is 5.69 Å². The van der Waals surface area contributed by atoms with Crippen LogP contribution < -0.4 is 10.1 Å². The zero-order chi connectivity index (χ0) is 13.0. The average molecular weight is 245 g/mol. The Kier molecular flexibility index (Phi) is 3.99. The van der Waals surface area contributed by atoms with E-state index < -0.39 is 0 Å². The summed E-state index contributed by atoms with van der Waals surface area (Å²) >= 11 is 0. The SMILES string of the molecule is CNC(C)c1cccc(OCc2ccn(C)n2)c1. The lowest BCUT2D eigenvalue weighted by atomic mass is 10.1. The quantitative estimate of drug-likeness (QED) is 0.878. The van der Waals surface area contributed by atoms with Crippen LogP contribution in [0.2, 0.25) is 0 Å². The van der Waals surface area contributed by atoms with Crippen molar-refractivity contribution in [2.45, 2.75) is 19.6 Å². The number of hydrogen-bond donors (Lipinski definition) is 1. The number of rotatable bonds is 5. The van der Waals surface area contributed by atoms with Crippen molar-refractivity contribution in [2.75, 3.05) is 7.05 Å². The van der Waals surface area contributed by atoms with Crippen molar-refractivity contribution in [1.82, 2.24) is 15.1 Å². The number of nitrogens with one attached hydrogen (secondary N) is 1. The second-order valence-corrected chi connectivity index (χ2v) is 4.35. The highest BCUT2D eigenvalue weighted by Gasteiger charge is 2.04. The molecule has 2 rings (SSSR count). The van der Waals surface area contributed by atoms with E-state index in [-0.39, 0.29) is 0 Å².